The fourth-order valence-electron chi connectivity index (χ4n) is 1.75. The van der Waals surface area contributed by atoms with E-state index in [4.69, 9.17) is 29.2 Å². The molecule has 5 nitrogen and oxygen atoms in total. The van der Waals surface area contributed by atoms with Gasteiger partial charge < -0.3 is 15.4 Å². The first-order valence-electron chi connectivity index (χ1n) is 6.91. The maximum absolute atomic E-state index is 5.20. The van der Waals surface area contributed by atoms with E-state index in [0.29, 0.717) is 10.2 Å². The molecule has 4 N–H and O–H groups in total. The standard InChI is InChI=1S/C16H18N4OS2/c1-11-3-5-12(6-4-11)17-15(22)19-20-16(23)18-13-7-9-14(21-2)10-8-13/h3-10H,1-2H3,(H2,17,19,22)(H2,18,20,23). The summed E-state index contributed by atoms with van der Waals surface area (Å²) in [6, 6.07) is 15.4. The quantitative estimate of drug-likeness (QED) is 0.503. The van der Waals surface area contributed by atoms with Gasteiger partial charge in [0.2, 0.25) is 0 Å². The van der Waals surface area contributed by atoms with Crippen LogP contribution in [0.3, 0.4) is 0 Å². The lowest BCUT2D eigenvalue weighted by Crippen LogP contribution is -2.45. The lowest BCUT2D eigenvalue weighted by Gasteiger charge is -2.14. The lowest BCUT2D eigenvalue weighted by molar-refractivity contribution is 0.415. The fraction of sp³-hybridized carbons (Fsp3) is 0.125. The van der Waals surface area contributed by atoms with E-state index in [1.165, 1.54) is 5.56 Å². The summed E-state index contributed by atoms with van der Waals surface area (Å²) < 4.78 is 5.10. The molecule has 0 spiro atoms. The van der Waals surface area contributed by atoms with Crippen LogP contribution in [-0.2, 0) is 0 Å². The van der Waals surface area contributed by atoms with Gasteiger partial charge in [-0.25, -0.2) is 0 Å². The Morgan fingerprint density at radius 3 is 1.65 bits per heavy atom. The third-order valence-corrected chi connectivity index (χ3v) is 3.36. The van der Waals surface area contributed by atoms with Crippen LogP contribution < -0.4 is 26.2 Å². The predicted molar refractivity (Wildman–Crippen MR) is 103 cm³/mol. The minimum atomic E-state index is 0.406. The van der Waals surface area contributed by atoms with Crippen molar-refractivity contribution in [2.24, 2.45) is 0 Å². The highest BCUT2D eigenvalue weighted by Crippen LogP contribution is 2.14. The van der Waals surface area contributed by atoms with Crippen LogP contribution >= 0.6 is 24.4 Å². The molecule has 0 aliphatic heterocycles. The van der Waals surface area contributed by atoms with Crippen molar-refractivity contribution in [1.82, 2.24) is 10.9 Å². The van der Waals surface area contributed by atoms with Gasteiger partial charge >= 0.3 is 0 Å². The Morgan fingerprint density at radius 1 is 0.783 bits per heavy atom. The number of ether oxygens (including phenoxy) is 1. The molecule has 120 valence electrons. The van der Waals surface area contributed by atoms with Gasteiger partial charge in [0.05, 0.1) is 7.11 Å². The van der Waals surface area contributed by atoms with Crippen molar-refractivity contribution in [3.8, 4) is 5.75 Å². The maximum Gasteiger partial charge on any atom is 0.189 e. The van der Waals surface area contributed by atoms with E-state index in [9.17, 15) is 0 Å². The zero-order valence-electron chi connectivity index (χ0n) is 12.8. The van der Waals surface area contributed by atoms with Gasteiger partial charge in [-0.1, -0.05) is 17.7 Å². The van der Waals surface area contributed by atoms with Gasteiger partial charge in [0, 0.05) is 11.4 Å². The maximum atomic E-state index is 5.20. The van der Waals surface area contributed by atoms with E-state index in [-0.39, 0.29) is 0 Å². The van der Waals surface area contributed by atoms with Crippen molar-refractivity contribution >= 4 is 46.0 Å². The molecule has 2 rings (SSSR count). The predicted octanol–water partition coefficient (Wildman–Crippen LogP) is 3.19. The van der Waals surface area contributed by atoms with Gasteiger partial charge in [-0.15, -0.1) is 0 Å². The Labute approximate surface area is 146 Å². The van der Waals surface area contributed by atoms with Crippen LogP contribution in [0.4, 0.5) is 11.4 Å². The van der Waals surface area contributed by atoms with E-state index in [2.05, 4.69) is 21.5 Å². The van der Waals surface area contributed by atoms with Crippen LogP contribution in [-0.4, -0.2) is 17.3 Å². The average Bonchev–Trinajstić information content (AvgIpc) is 2.56. The first kappa shape index (κ1) is 17.0. The normalized spacial score (nSPS) is 9.65. The summed E-state index contributed by atoms with van der Waals surface area (Å²) in [7, 11) is 1.63. The summed E-state index contributed by atoms with van der Waals surface area (Å²) in [5.41, 5.74) is 8.60. The summed E-state index contributed by atoms with van der Waals surface area (Å²) in [5.74, 6) is 0.788. The van der Waals surface area contributed by atoms with Crippen LogP contribution in [0.2, 0.25) is 0 Å². The number of methoxy groups -OCH3 is 1. The number of aryl methyl sites for hydroxylation is 1. The number of rotatable bonds is 3. The zero-order valence-corrected chi connectivity index (χ0v) is 14.5. The summed E-state index contributed by atoms with van der Waals surface area (Å²) in [6.45, 7) is 2.03. The van der Waals surface area contributed by atoms with Crippen LogP contribution in [0.15, 0.2) is 48.5 Å². The molecule has 0 fully saturated rings. The van der Waals surface area contributed by atoms with Crippen molar-refractivity contribution in [3.05, 3.63) is 54.1 Å². The molecular weight excluding hydrogens is 328 g/mol. The van der Waals surface area contributed by atoms with Gasteiger partial charge in [-0.2, -0.15) is 0 Å². The second-order valence-electron chi connectivity index (χ2n) is 4.75. The third-order valence-electron chi connectivity index (χ3n) is 2.95. The molecule has 0 amide bonds. The summed E-state index contributed by atoms with van der Waals surface area (Å²) in [6.07, 6.45) is 0. The molecule has 0 aliphatic rings. The Kier molecular flexibility index (Phi) is 6.13. The number of hydrazine groups is 1. The number of hydrogen-bond donors (Lipinski definition) is 4. The van der Waals surface area contributed by atoms with E-state index < -0.39 is 0 Å². The number of thiocarbonyl (C=S) groups is 2. The van der Waals surface area contributed by atoms with E-state index in [0.717, 1.165) is 17.1 Å². The molecule has 7 heteroatoms. The molecule has 0 saturated heterocycles. The zero-order chi connectivity index (χ0) is 16.7. The third kappa shape index (κ3) is 5.72. The largest absolute Gasteiger partial charge is 0.497 e. The van der Waals surface area contributed by atoms with Crippen molar-refractivity contribution in [3.63, 3.8) is 0 Å². The molecule has 0 bridgehead atoms. The molecule has 0 radical (unpaired) electrons. The van der Waals surface area contributed by atoms with Crippen LogP contribution in [0, 0.1) is 6.92 Å². The van der Waals surface area contributed by atoms with Gasteiger partial charge in [-0.05, 0) is 67.8 Å². The number of hydrogen-bond acceptors (Lipinski definition) is 3. The second kappa shape index (κ2) is 8.30. The van der Waals surface area contributed by atoms with Crippen LogP contribution in [0.1, 0.15) is 5.56 Å². The van der Waals surface area contributed by atoms with Crippen molar-refractivity contribution in [1.29, 1.82) is 0 Å². The first-order chi connectivity index (χ1) is 11.1. The minimum absolute atomic E-state index is 0.406. The molecule has 0 aliphatic carbocycles. The average molecular weight is 346 g/mol. The van der Waals surface area contributed by atoms with E-state index in [1.807, 2.05) is 55.5 Å². The summed E-state index contributed by atoms with van der Waals surface area (Å²) >= 11 is 10.4. The van der Waals surface area contributed by atoms with Crippen molar-refractivity contribution in [2.45, 2.75) is 6.92 Å². The summed E-state index contributed by atoms with van der Waals surface area (Å²) in [5, 5.41) is 6.92. The Bertz CT molecular complexity index is 671. The highest BCUT2D eigenvalue weighted by Gasteiger charge is 2.00. The monoisotopic (exact) mass is 346 g/mol. The summed E-state index contributed by atoms with van der Waals surface area (Å²) in [4.78, 5) is 0. The molecular formula is C16H18N4OS2. The van der Waals surface area contributed by atoms with Gasteiger partial charge in [0.25, 0.3) is 0 Å². The van der Waals surface area contributed by atoms with Gasteiger partial charge in [0.15, 0.2) is 10.2 Å². The molecule has 2 aromatic rings. The Morgan fingerprint density at radius 2 is 1.22 bits per heavy atom. The smallest absolute Gasteiger partial charge is 0.189 e. The SMILES string of the molecule is COc1ccc(NC(=S)NNC(=S)Nc2ccc(C)cc2)cc1. The number of anilines is 2. The highest BCUT2D eigenvalue weighted by molar-refractivity contribution is 7.81. The van der Waals surface area contributed by atoms with Crippen LogP contribution in [0.5, 0.6) is 5.75 Å². The molecule has 0 unspecified atom stereocenters. The molecule has 0 atom stereocenters. The van der Waals surface area contributed by atoms with Gasteiger partial charge in [-0.3, -0.25) is 10.9 Å². The molecule has 0 saturated carbocycles. The number of nitrogens with one attached hydrogen (secondary N) is 4. The van der Waals surface area contributed by atoms with E-state index >= 15 is 0 Å². The Hall–Kier alpha value is -2.38. The van der Waals surface area contributed by atoms with Crippen molar-refractivity contribution in [2.75, 3.05) is 17.7 Å². The first-order valence-corrected chi connectivity index (χ1v) is 7.73. The van der Waals surface area contributed by atoms with Crippen LogP contribution in [0.25, 0.3) is 0 Å². The molecule has 0 aromatic heterocycles. The highest BCUT2D eigenvalue weighted by atomic mass is 32.1. The van der Waals surface area contributed by atoms with Gasteiger partial charge in [0.1, 0.15) is 5.75 Å². The van der Waals surface area contributed by atoms with Crippen molar-refractivity contribution < 1.29 is 4.74 Å². The molecule has 0 heterocycles. The van der Waals surface area contributed by atoms with E-state index in [1.54, 1.807) is 7.11 Å². The fourth-order valence-corrected chi connectivity index (χ4v) is 2.09. The lowest BCUT2D eigenvalue weighted by atomic mass is 10.2. The number of benzene rings is 2. The second-order valence-corrected chi connectivity index (χ2v) is 5.57. The molecule has 23 heavy (non-hydrogen) atoms. The minimum Gasteiger partial charge on any atom is -0.497 e. The molecule has 2 aromatic carbocycles. The topological polar surface area (TPSA) is 57.4 Å². The Balaban J connectivity index is 1.76.